The van der Waals surface area contributed by atoms with E-state index in [9.17, 15) is 4.79 Å². The van der Waals surface area contributed by atoms with E-state index in [0.29, 0.717) is 16.4 Å². The van der Waals surface area contributed by atoms with E-state index in [1.165, 1.54) is 6.20 Å². The number of aromatic amines is 1. The van der Waals surface area contributed by atoms with E-state index in [1.807, 2.05) is 24.3 Å². The van der Waals surface area contributed by atoms with Crippen LogP contribution in [0, 0.1) is 0 Å². The van der Waals surface area contributed by atoms with Crippen LogP contribution in [0.15, 0.2) is 67.3 Å². The van der Waals surface area contributed by atoms with Gasteiger partial charge in [-0.3, -0.25) is 14.9 Å². The van der Waals surface area contributed by atoms with E-state index < -0.39 is 0 Å². The Balaban J connectivity index is 1.49. The Bertz CT molecular complexity index is 1040. The minimum Gasteiger partial charge on any atom is -0.305 e. The van der Waals surface area contributed by atoms with E-state index in [0.717, 1.165) is 16.9 Å². The van der Waals surface area contributed by atoms with Gasteiger partial charge in [-0.25, -0.2) is 4.68 Å². The molecular formula is C18H13ClN6O. The third-order valence-electron chi connectivity index (χ3n) is 3.75. The van der Waals surface area contributed by atoms with E-state index in [-0.39, 0.29) is 5.91 Å². The van der Waals surface area contributed by atoms with Crippen molar-refractivity contribution in [2.45, 2.75) is 0 Å². The van der Waals surface area contributed by atoms with Crippen LogP contribution < -0.4 is 5.32 Å². The minimum absolute atomic E-state index is 0.294. The fraction of sp³-hybridized carbons (Fsp3) is 0. The van der Waals surface area contributed by atoms with Gasteiger partial charge in [0.05, 0.1) is 23.1 Å². The average molecular weight is 365 g/mol. The Kier molecular flexibility index (Phi) is 4.20. The molecule has 0 bridgehead atoms. The molecule has 1 amide bonds. The van der Waals surface area contributed by atoms with Crippen LogP contribution in [-0.2, 0) is 0 Å². The minimum atomic E-state index is -0.294. The lowest BCUT2D eigenvalue weighted by atomic mass is 10.2. The van der Waals surface area contributed by atoms with Crippen LogP contribution in [0.25, 0.3) is 16.9 Å². The van der Waals surface area contributed by atoms with Crippen molar-refractivity contribution in [1.82, 2.24) is 25.0 Å². The number of anilines is 1. The molecule has 0 spiro atoms. The number of hydrogen-bond acceptors (Lipinski definition) is 4. The molecule has 0 unspecified atom stereocenters. The molecule has 7 nitrogen and oxygen atoms in total. The first-order valence-electron chi connectivity index (χ1n) is 7.77. The fourth-order valence-electron chi connectivity index (χ4n) is 2.43. The van der Waals surface area contributed by atoms with Gasteiger partial charge in [0.25, 0.3) is 5.91 Å². The molecule has 0 aliphatic heterocycles. The van der Waals surface area contributed by atoms with Crippen LogP contribution in [0.4, 0.5) is 5.82 Å². The summed E-state index contributed by atoms with van der Waals surface area (Å²) in [5, 5.41) is 14.6. The molecule has 0 fully saturated rings. The number of nitrogens with one attached hydrogen (secondary N) is 2. The summed E-state index contributed by atoms with van der Waals surface area (Å²) in [5.74, 6) is 0.138. The van der Waals surface area contributed by atoms with Crippen molar-refractivity contribution >= 4 is 23.3 Å². The number of amides is 1. The second-order valence-corrected chi connectivity index (χ2v) is 5.94. The highest BCUT2D eigenvalue weighted by Gasteiger charge is 2.12. The van der Waals surface area contributed by atoms with Crippen LogP contribution in [0.2, 0.25) is 5.02 Å². The van der Waals surface area contributed by atoms with Gasteiger partial charge in [-0.15, -0.1) is 0 Å². The molecule has 3 aromatic heterocycles. The van der Waals surface area contributed by atoms with Crippen molar-refractivity contribution in [2.75, 3.05) is 5.32 Å². The molecule has 1 aromatic carbocycles. The molecule has 2 N–H and O–H groups in total. The maximum atomic E-state index is 12.4. The van der Waals surface area contributed by atoms with Gasteiger partial charge >= 0.3 is 0 Å². The van der Waals surface area contributed by atoms with Crippen LogP contribution in [-0.4, -0.2) is 30.9 Å². The van der Waals surface area contributed by atoms with Gasteiger partial charge in [0, 0.05) is 35.2 Å². The van der Waals surface area contributed by atoms with Crippen LogP contribution >= 0.6 is 11.6 Å². The van der Waals surface area contributed by atoms with Gasteiger partial charge in [-0.05, 0) is 36.4 Å². The van der Waals surface area contributed by atoms with Crippen LogP contribution in [0.5, 0.6) is 0 Å². The largest absolute Gasteiger partial charge is 0.305 e. The molecule has 0 saturated heterocycles. The van der Waals surface area contributed by atoms with Gasteiger partial charge in [-0.2, -0.15) is 10.2 Å². The summed E-state index contributed by atoms with van der Waals surface area (Å²) in [5.41, 5.74) is 2.96. The molecule has 128 valence electrons. The van der Waals surface area contributed by atoms with Gasteiger partial charge in [0.15, 0.2) is 5.82 Å². The number of rotatable bonds is 4. The zero-order chi connectivity index (χ0) is 17.9. The number of aromatic nitrogens is 5. The first kappa shape index (κ1) is 16.0. The second-order valence-electron chi connectivity index (χ2n) is 5.51. The highest BCUT2D eigenvalue weighted by molar-refractivity contribution is 6.30. The van der Waals surface area contributed by atoms with Crippen molar-refractivity contribution in [3.63, 3.8) is 0 Å². The van der Waals surface area contributed by atoms with Gasteiger partial charge in [0.2, 0.25) is 0 Å². The topological polar surface area (TPSA) is 88.5 Å². The Labute approximate surface area is 153 Å². The van der Waals surface area contributed by atoms with Crippen molar-refractivity contribution < 1.29 is 4.79 Å². The molecule has 8 heteroatoms. The zero-order valence-electron chi connectivity index (χ0n) is 13.4. The molecule has 0 aliphatic carbocycles. The smallest absolute Gasteiger partial charge is 0.260 e. The molecule has 0 atom stereocenters. The number of carbonyl (C=O) groups is 1. The number of H-pyrrole nitrogens is 1. The highest BCUT2D eigenvalue weighted by Crippen LogP contribution is 2.19. The van der Waals surface area contributed by atoms with Gasteiger partial charge < -0.3 is 5.32 Å². The molecule has 26 heavy (non-hydrogen) atoms. The van der Waals surface area contributed by atoms with Crippen molar-refractivity contribution in [1.29, 1.82) is 0 Å². The first-order valence-corrected chi connectivity index (χ1v) is 8.14. The van der Waals surface area contributed by atoms with E-state index in [2.05, 4.69) is 25.6 Å². The maximum Gasteiger partial charge on any atom is 0.260 e. The van der Waals surface area contributed by atoms with Crippen molar-refractivity contribution in [3.05, 3.63) is 77.8 Å². The Morgan fingerprint density at radius 2 is 1.88 bits per heavy atom. The zero-order valence-corrected chi connectivity index (χ0v) is 14.2. The third kappa shape index (κ3) is 3.33. The van der Waals surface area contributed by atoms with Crippen LogP contribution in [0.3, 0.4) is 0 Å². The summed E-state index contributed by atoms with van der Waals surface area (Å²) in [6.45, 7) is 0. The van der Waals surface area contributed by atoms with Gasteiger partial charge in [-0.1, -0.05) is 11.6 Å². The number of benzene rings is 1. The summed E-state index contributed by atoms with van der Waals surface area (Å²) in [6.07, 6.45) is 6.54. The summed E-state index contributed by atoms with van der Waals surface area (Å²) in [4.78, 5) is 16.4. The normalized spacial score (nSPS) is 10.7. The predicted molar refractivity (Wildman–Crippen MR) is 98.3 cm³/mol. The summed E-state index contributed by atoms with van der Waals surface area (Å²) in [7, 11) is 0. The first-order chi connectivity index (χ1) is 12.7. The number of halogens is 1. The average Bonchev–Trinajstić information content (AvgIpc) is 3.33. The van der Waals surface area contributed by atoms with Crippen molar-refractivity contribution in [2.24, 2.45) is 0 Å². The molecule has 4 rings (SSSR count). The Hall–Kier alpha value is -3.45. The molecule has 0 radical (unpaired) electrons. The van der Waals surface area contributed by atoms with E-state index >= 15 is 0 Å². The lowest BCUT2D eigenvalue weighted by molar-refractivity contribution is 0.102. The monoisotopic (exact) mass is 364 g/mol. The lowest BCUT2D eigenvalue weighted by Crippen LogP contribution is -2.11. The van der Waals surface area contributed by atoms with E-state index in [1.54, 1.807) is 41.5 Å². The summed E-state index contributed by atoms with van der Waals surface area (Å²) < 4.78 is 1.61. The molecular weight excluding hydrogens is 352 g/mol. The lowest BCUT2D eigenvalue weighted by Gasteiger charge is -2.00. The highest BCUT2D eigenvalue weighted by atomic mass is 35.5. The predicted octanol–water partition coefficient (Wildman–Crippen LogP) is 3.56. The van der Waals surface area contributed by atoms with Crippen LogP contribution in [0.1, 0.15) is 10.4 Å². The quantitative estimate of drug-likeness (QED) is 0.579. The number of hydrogen-bond donors (Lipinski definition) is 2. The standard InChI is InChI=1S/C18H13ClN6O/c19-14-1-3-15(4-2-14)25-11-13(10-21-25)18(26)22-17-9-16(23-24-17)12-5-7-20-8-6-12/h1-11H,(H2,22,23,24,26). The molecule has 0 saturated carbocycles. The SMILES string of the molecule is O=C(Nc1cc(-c2ccncc2)[nH]n1)c1cnn(-c2ccc(Cl)cc2)c1. The number of carbonyl (C=O) groups excluding carboxylic acids is 1. The second kappa shape index (κ2) is 6.81. The molecule has 3 heterocycles. The fourth-order valence-corrected chi connectivity index (χ4v) is 2.55. The summed E-state index contributed by atoms with van der Waals surface area (Å²) >= 11 is 5.88. The summed E-state index contributed by atoms with van der Waals surface area (Å²) in [6, 6.07) is 12.7. The number of pyridine rings is 1. The van der Waals surface area contributed by atoms with Gasteiger partial charge in [0.1, 0.15) is 0 Å². The van der Waals surface area contributed by atoms with Crippen molar-refractivity contribution in [3.8, 4) is 16.9 Å². The Morgan fingerprint density at radius 1 is 1.12 bits per heavy atom. The molecule has 4 aromatic rings. The maximum absolute atomic E-state index is 12.4. The van der Waals surface area contributed by atoms with E-state index in [4.69, 9.17) is 11.6 Å². The molecule has 0 aliphatic rings. The third-order valence-corrected chi connectivity index (χ3v) is 4.00. The Morgan fingerprint density at radius 3 is 2.65 bits per heavy atom. The number of nitrogens with zero attached hydrogens (tertiary/aromatic N) is 4.